The zero-order valence-corrected chi connectivity index (χ0v) is 9.69. The molecule has 1 fully saturated rings. The minimum absolute atomic E-state index is 0.608. The van der Waals surface area contributed by atoms with Gasteiger partial charge in [0, 0.05) is 13.1 Å². The van der Waals surface area contributed by atoms with E-state index in [9.17, 15) is 0 Å². The molecule has 1 unspecified atom stereocenters. The first kappa shape index (κ1) is 11.3. The maximum absolute atomic E-state index is 5.24. The summed E-state index contributed by atoms with van der Waals surface area (Å²) in [5, 5.41) is 0. The van der Waals surface area contributed by atoms with Gasteiger partial charge in [-0.3, -0.25) is 9.88 Å². The Morgan fingerprint density at radius 1 is 1.50 bits per heavy atom. The predicted molar refractivity (Wildman–Crippen MR) is 63.5 cm³/mol. The summed E-state index contributed by atoms with van der Waals surface area (Å²) >= 11 is 0. The van der Waals surface area contributed by atoms with Crippen molar-refractivity contribution in [3.8, 4) is 0 Å². The zero-order chi connectivity index (χ0) is 11.4. The second-order valence-electron chi connectivity index (χ2n) is 4.34. The van der Waals surface area contributed by atoms with Crippen LogP contribution in [-0.4, -0.2) is 28.0 Å². The second-order valence-corrected chi connectivity index (χ2v) is 4.34. The number of nitrogen functional groups attached to an aromatic ring is 1. The third-order valence-electron chi connectivity index (χ3n) is 3.19. The van der Waals surface area contributed by atoms with Gasteiger partial charge in [-0.2, -0.15) is 0 Å². The van der Waals surface area contributed by atoms with Crippen molar-refractivity contribution in [2.24, 2.45) is 11.8 Å². The second kappa shape index (κ2) is 5.23. The lowest BCUT2D eigenvalue weighted by atomic mass is 10.1. The molecule has 0 amide bonds. The summed E-state index contributed by atoms with van der Waals surface area (Å²) in [7, 11) is 0. The topological polar surface area (TPSA) is 67.1 Å². The Morgan fingerprint density at radius 3 is 2.94 bits per heavy atom. The van der Waals surface area contributed by atoms with Gasteiger partial charge in [0.05, 0.1) is 18.1 Å². The quantitative estimate of drug-likeness (QED) is 0.586. The molecule has 2 rings (SSSR count). The summed E-state index contributed by atoms with van der Waals surface area (Å²) in [6.07, 6.45) is 6.04. The number of anilines is 1. The Kier molecular flexibility index (Phi) is 3.69. The van der Waals surface area contributed by atoms with Gasteiger partial charge in [0.2, 0.25) is 0 Å². The number of aromatic nitrogens is 2. The smallest absolute Gasteiger partial charge is 0.158 e. The fraction of sp³-hybridized carbons (Fsp3) is 0.636. The molecule has 2 heterocycles. The van der Waals surface area contributed by atoms with E-state index in [2.05, 4.69) is 27.2 Å². The highest BCUT2D eigenvalue weighted by Gasteiger charge is 2.20. The normalized spacial score (nSPS) is 21.2. The third kappa shape index (κ3) is 2.68. The SMILES string of the molecule is CCC1CCN(Cc2cnc(NN)cn2)C1. The Morgan fingerprint density at radius 2 is 2.38 bits per heavy atom. The highest BCUT2D eigenvalue weighted by Crippen LogP contribution is 2.20. The summed E-state index contributed by atoms with van der Waals surface area (Å²) in [6, 6.07) is 0. The van der Waals surface area contributed by atoms with E-state index >= 15 is 0 Å². The molecule has 0 bridgehead atoms. The van der Waals surface area contributed by atoms with E-state index in [4.69, 9.17) is 5.84 Å². The van der Waals surface area contributed by atoms with E-state index in [-0.39, 0.29) is 0 Å². The van der Waals surface area contributed by atoms with Crippen molar-refractivity contribution in [1.29, 1.82) is 0 Å². The Bertz CT molecular complexity index is 324. The number of nitrogens with zero attached hydrogens (tertiary/aromatic N) is 3. The molecule has 88 valence electrons. The molecule has 5 heteroatoms. The number of rotatable bonds is 4. The number of hydrogen-bond donors (Lipinski definition) is 2. The molecule has 0 aliphatic carbocycles. The van der Waals surface area contributed by atoms with Gasteiger partial charge < -0.3 is 5.43 Å². The summed E-state index contributed by atoms with van der Waals surface area (Å²) in [4.78, 5) is 10.9. The van der Waals surface area contributed by atoms with Gasteiger partial charge in [0.1, 0.15) is 0 Å². The van der Waals surface area contributed by atoms with Gasteiger partial charge in [-0.1, -0.05) is 13.3 Å². The van der Waals surface area contributed by atoms with E-state index in [1.807, 2.05) is 0 Å². The molecule has 5 nitrogen and oxygen atoms in total. The van der Waals surface area contributed by atoms with Gasteiger partial charge in [-0.15, -0.1) is 0 Å². The minimum atomic E-state index is 0.608. The molecule has 0 aromatic carbocycles. The van der Waals surface area contributed by atoms with Crippen molar-refractivity contribution < 1.29 is 0 Å². The monoisotopic (exact) mass is 221 g/mol. The highest BCUT2D eigenvalue weighted by molar-refractivity contribution is 5.28. The number of nitrogens with two attached hydrogens (primary N) is 1. The summed E-state index contributed by atoms with van der Waals surface area (Å²) < 4.78 is 0. The van der Waals surface area contributed by atoms with Crippen molar-refractivity contribution in [3.05, 3.63) is 18.1 Å². The third-order valence-corrected chi connectivity index (χ3v) is 3.19. The molecule has 1 saturated heterocycles. The largest absolute Gasteiger partial charge is 0.307 e. The Labute approximate surface area is 96.0 Å². The van der Waals surface area contributed by atoms with Crippen molar-refractivity contribution in [2.45, 2.75) is 26.3 Å². The molecule has 3 N–H and O–H groups in total. The Balaban J connectivity index is 1.89. The van der Waals surface area contributed by atoms with Crippen molar-refractivity contribution >= 4 is 5.82 Å². The first-order valence-electron chi connectivity index (χ1n) is 5.81. The fourth-order valence-electron chi connectivity index (χ4n) is 2.13. The average molecular weight is 221 g/mol. The summed E-state index contributed by atoms with van der Waals surface area (Å²) in [6.45, 7) is 5.52. The minimum Gasteiger partial charge on any atom is -0.307 e. The van der Waals surface area contributed by atoms with Crippen LogP contribution in [0.3, 0.4) is 0 Å². The summed E-state index contributed by atoms with van der Waals surface area (Å²) in [5.41, 5.74) is 3.49. The van der Waals surface area contributed by atoms with E-state index < -0.39 is 0 Å². The highest BCUT2D eigenvalue weighted by atomic mass is 15.3. The number of hydrogen-bond acceptors (Lipinski definition) is 5. The maximum Gasteiger partial charge on any atom is 0.158 e. The standard InChI is InChI=1S/C11H19N5/c1-2-9-3-4-16(7-9)8-10-5-14-11(15-12)6-13-10/h5-6,9H,2-4,7-8,12H2,1H3,(H,14,15). The van der Waals surface area contributed by atoms with Crippen LogP contribution in [0.2, 0.25) is 0 Å². The van der Waals surface area contributed by atoms with Crippen molar-refractivity contribution in [3.63, 3.8) is 0 Å². The first-order valence-corrected chi connectivity index (χ1v) is 5.81. The van der Waals surface area contributed by atoms with E-state index in [1.165, 1.54) is 25.9 Å². The van der Waals surface area contributed by atoms with Gasteiger partial charge in [0.15, 0.2) is 5.82 Å². The molecular formula is C11H19N5. The molecular weight excluding hydrogens is 202 g/mol. The van der Waals surface area contributed by atoms with Crippen LogP contribution >= 0.6 is 0 Å². The molecule has 1 aliphatic heterocycles. The molecule has 16 heavy (non-hydrogen) atoms. The Hall–Kier alpha value is -1.20. The molecule has 0 spiro atoms. The number of hydrazine groups is 1. The molecule has 0 radical (unpaired) electrons. The molecule has 1 aromatic heterocycles. The van der Waals surface area contributed by atoms with Gasteiger partial charge in [-0.25, -0.2) is 10.8 Å². The van der Waals surface area contributed by atoms with Gasteiger partial charge in [-0.05, 0) is 18.9 Å². The lowest BCUT2D eigenvalue weighted by Crippen LogP contribution is -2.21. The predicted octanol–water partition coefficient (Wildman–Crippen LogP) is 0.994. The van der Waals surface area contributed by atoms with Crippen LogP contribution in [0.5, 0.6) is 0 Å². The fourth-order valence-corrected chi connectivity index (χ4v) is 2.13. The van der Waals surface area contributed by atoms with Crippen molar-refractivity contribution in [1.82, 2.24) is 14.9 Å². The van der Waals surface area contributed by atoms with Gasteiger partial charge >= 0.3 is 0 Å². The van der Waals surface area contributed by atoms with Crippen LogP contribution < -0.4 is 11.3 Å². The van der Waals surface area contributed by atoms with Crippen LogP contribution in [0.1, 0.15) is 25.5 Å². The van der Waals surface area contributed by atoms with Gasteiger partial charge in [0.25, 0.3) is 0 Å². The van der Waals surface area contributed by atoms with Crippen molar-refractivity contribution in [2.75, 3.05) is 18.5 Å². The first-order chi connectivity index (χ1) is 7.81. The zero-order valence-electron chi connectivity index (χ0n) is 9.69. The van der Waals surface area contributed by atoms with Crippen LogP contribution in [0.15, 0.2) is 12.4 Å². The molecule has 1 aromatic rings. The van der Waals surface area contributed by atoms with Crippen LogP contribution in [0.4, 0.5) is 5.82 Å². The maximum atomic E-state index is 5.24. The van der Waals surface area contributed by atoms with E-state index in [0.717, 1.165) is 18.2 Å². The van der Waals surface area contributed by atoms with Crippen LogP contribution in [0.25, 0.3) is 0 Å². The van der Waals surface area contributed by atoms with E-state index in [0.29, 0.717) is 5.82 Å². The number of nitrogens with one attached hydrogen (secondary N) is 1. The summed E-state index contributed by atoms with van der Waals surface area (Å²) in [5.74, 6) is 6.70. The molecule has 1 aliphatic rings. The van der Waals surface area contributed by atoms with Crippen LogP contribution in [-0.2, 0) is 6.54 Å². The average Bonchev–Trinajstić information content (AvgIpc) is 2.78. The number of likely N-dealkylation sites (tertiary alicyclic amines) is 1. The lowest BCUT2D eigenvalue weighted by molar-refractivity contribution is 0.311. The lowest BCUT2D eigenvalue weighted by Gasteiger charge is -2.14. The molecule has 1 atom stereocenters. The molecule has 0 saturated carbocycles. The van der Waals surface area contributed by atoms with E-state index in [1.54, 1.807) is 12.4 Å². The van der Waals surface area contributed by atoms with Crippen LogP contribution in [0, 0.1) is 5.92 Å².